The zero-order valence-electron chi connectivity index (χ0n) is 48.4. The van der Waals surface area contributed by atoms with Crippen LogP contribution in [0.3, 0.4) is 0 Å². The van der Waals surface area contributed by atoms with Crippen LogP contribution >= 0.6 is 0 Å². The van der Waals surface area contributed by atoms with Crippen LogP contribution in [-0.2, 0) is 41.6 Å². The summed E-state index contributed by atoms with van der Waals surface area (Å²) >= 11 is 0. The molecular weight excluding hydrogens is 1040 g/mol. The predicted octanol–water partition coefficient (Wildman–Crippen LogP) is 12.6. The quantitative estimate of drug-likeness (QED) is 0.0124. The number of amides is 4. The van der Waals surface area contributed by atoms with E-state index in [1.54, 1.807) is 0 Å². The second-order valence-electron chi connectivity index (χ2n) is 21.4. The number of carbonyl (C=O) groups is 8. The van der Waals surface area contributed by atoms with Gasteiger partial charge in [0.2, 0.25) is 5.78 Å². The molecule has 2 aromatic carbocycles. The Labute approximate surface area is 495 Å². The van der Waals surface area contributed by atoms with E-state index < -0.39 is 18.2 Å². The van der Waals surface area contributed by atoms with E-state index in [4.69, 9.17) is 15.3 Å². The van der Waals surface area contributed by atoms with Gasteiger partial charge >= 0.3 is 12.1 Å². The number of nitrogens with two attached hydrogens (primary N) is 1. The molecule has 0 aromatic heterocycles. The molecule has 3 saturated carbocycles. The fraction of sp³-hybridized carbons (Fsp3) is 0.677. The number of rotatable bonds is 35. The number of ether oxygens (including phenoxy) is 2. The molecule has 0 spiro atoms. The lowest BCUT2D eigenvalue weighted by molar-refractivity contribution is -0.139. The molecule has 2 aromatic rings. The summed E-state index contributed by atoms with van der Waals surface area (Å²) in [5.41, 5.74) is 7.07. The Morgan fingerprint density at radius 3 is 1.37 bits per heavy atom. The van der Waals surface area contributed by atoms with Gasteiger partial charge in [-0.2, -0.15) is 5.10 Å². The van der Waals surface area contributed by atoms with Crippen LogP contribution in [0.25, 0.3) is 0 Å². The molecule has 7 N–H and O–H groups in total. The maximum atomic E-state index is 12.5. The number of nitrogens with one attached hydrogen (secondary N) is 4. The van der Waals surface area contributed by atoms with E-state index in [9.17, 15) is 43.5 Å². The van der Waals surface area contributed by atoms with Crippen LogP contribution in [-0.4, -0.2) is 90.0 Å². The Kier molecular flexibility index (Phi) is 45.7. The van der Waals surface area contributed by atoms with Gasteiger partial charge in [0.15, 0.2) is 28.9 Å². The summed E-state index contributed by atoms with van der Waals surface area (Å²) < 4.78 is 10.9. The van der Waals surface area contributed by atoms with Crippen LogP contribution in [0.5, 0.6) is 11.5 Å². The molecule has 1 unspecified atom stereocenters. The number of aliphatic hydroxyl groups excluding tert-OH is 1. The zero-order chi connectivity index (χ0) is 57.8. The maximum absolute atomic E-state index is 12.5. The van der Waals surface area contributed by atoms with Gasteiger partial charge in [-0.1, -0.05) is 129 Å². The maximum Gasteiger partial charge on any atom is 0.335 e. The van der Waals surface area contributed by atoms with Gasteiger partial charge in [-0.05, 0) is 143 Å². The highest BCUT2D eigenvalue weighted by molar-refractivity contribution is 6.40. The third-order valence-electron chi connectivity index (χ3n) is 13.6. The normalized spacial score (nSPS) is 14.3. The SMILES string of the molecule is C.C.C.C.CCCC(=O)COc1ccc(CCNC(=O)N/N=C(/C(=O)CC2CC2)[C@@H](C)CCC)cc1.CCCC(=O)COc1ccc(CCNC(=O)NN)cc1.CCC[C@H](C)C(=O)C(=O)CC1CC1.CCC[C@H](C)C(O)C(=O)CC1CC1. The molecule has 3 aliphatic rings. The van der Waals surface area contributed by atoms with Crippen LogP contribution in [0, 0.1) is 35.5 Å². The minimum Gasteiger partial charge on any atom is -0.486 e. The average molecular weight is 1150 g/mol. The summed E-state index contributed by atoms with van der Waals surface area (Å²) in [6, 6.07) is 14.1. The van der Waals surface area contributed by atoms with Crippen LogP contribution in [0.2, 0.25) is 0 Å². The second kappa shape index (κ2) is 46.6. The third kappa shape index (κ3) is 37.3. The highest BCUT2D eigenvalue weighted by Crippen LogP contribution is 2.35. The van der Waals surface area contributed by atoms with Crippen molar-refractivity contribution in [3.63, 3.8) is 0 Å². The molecule has 3 aliphatic carbocycles. The van der Waals surface area contributed by atoms with Crippen molar-refractivity contribution in [2.24, 2.45) is 46.5 Å². The third-order valence-corrected chi connectivity index (χ3v) is 13.6. The number of benzene rings is 2. The van der Waals surface area contributed by atoms with Crippen molar-refractivity contribution in [3.05, 3.63) is 59.7 Å². The smallest absolute Gasteiger partial charge is 0.335 e. The van der Waals surface area contributed by atoms with Gasteiger partial charge in [0.1, 0.15) is 36.5 Å². The molecule has 82 heavy (non-hydrogen) atoms. The Balaban J connectivity index is -0.00000107. The van der Waals surface area contributed by atoms with Crippen molar-refractivity contribution in [3.8, 4) is 11.5 Å². The zero-order valence-corrected chi connectivity index (χ0v) is 48.4. The molecule has 17 heteroatoms. The lowest BCUT2D eigenvalue weighted by atomic mass is 9.94. The standard InChI is InChI=1S/C25H37N3O4.C14H21N3O3.C11H20O2.C11H18O2.4CH4/c1-4-6-18(3)24(23(30)16-20-8-9-20)27-28-25(31)26-15-14-19-10-12-22(13-11-19)32-17-21(29)7-5-2;1-2-3-12(18)10-20-13-6-4-11(5-7-13)8-9-16-14(19)17-15;2*1-3-4-8(2)11(13)10(12)7-9-5-6-9;;;;/h10-13,18,20H,4-9,14-17H2,1-3H3,(H2,26,28,31);4-7H,2-3,8-10,15H2,1H3,(H2,16,17,19);8-9,11,13H,3-7H2,1-2H3;8-9H,3-7H2,1-2H3;4*1H4/b27-24+;;;;;;;/t18-;;8-,11?;8-;;;;/m0.00..../s1. The number of nitrogens with zero attached hydrogens (tertiary/aromatic N) is 1. The van der Waals surface area contributed by atoms with Crippen LogP contribution < -0.4 is 36.8 Å². The fourth-order valence-electron chi connectivity index (χ4n) is 8.26. The molecule has 4 atom stereocenters. The summed E-state index contributed by atoms with van der Waals surface area (Å²) in [5.74, 6) is 8.02. The van der Waals surface area contributed by atoms with E-state index in [1.807, 2.05) is 95.5 Å². The summed E-state index contributed by atoms with van der Waals surface area (Å²) in [6.45, 7) is 17.1. The number of Topliss-reactive ketones (excluding diaryl/α,β-unsaturated/α-hetero) is 6. The van der Waals surface area contributed by atoms with Gasteiger partial charge in [-0.15, -0.1) is 0 Å². The van der Waals surface area contributed by atoms with Crippen LogP contribution in [0.15, 0.2) is 53.6 Å². The summed E-state index contributed by atoms with van der Waals surface area (Å²) in [6.07, 6.45) is 17.5. The van der Waals surface area contributed by atoms with Gasteiger partial charge in [-0.3, -0.25) is 34.2 Å². The molecule has 0 radical (unpaired) electrons. The molecule has 0 aliphatic heterocycles. The Morgan fingerprint density at radius 2 is 0.963 bits per heavy atom. The highest BCUT2D eigenvalue weighted by Gasteiger charge is 2.31. The molecule has 0 heterocycles. The first-order valence-electron chi connectivity index (χ1n) is 29.0. The second-order valence-corrected chi connectivity index (χ2v) is 21.4. The molecule has 0 saturated heterocycles. The monoisotopic (exact) mass is 1150 g/mol. The molecule has 17 nitrogen and oxygen atoms in total. The minimum atomic E-state index is -0.708. The van der Waals surface area contributed by atoms with Gasteiger partial charge in [0, 0.05) is 57.0 Å². The predicted molar refractivity (Wildman–Crippen MR) is 333 cm³/mol. The lowest BCUT2D eigenvalue weighted by Gasteiger charge is -2.16. The minimum absolute atomic E-state index is 0. The van der Waals surface area contributed by atoms with Crippen LogP contribution in [0.1, 0.15) is 218 Å². The van der Waals surface area contributed by atoms with Crippen molar-refractivity contribution >= 4 is 52.5 Å². The molecule has 468 valence electrons. The number of ketones is 6. The van der Waals surface area contributed by atoms with E-state index in [1.165, 1.54) is 12.8 Å². The molecule has 4 amide bonds. The van der Waals surface area contributed by atoms with E-state index in [2.05, 4.69) is 35.0 Å². The Bertz CT molecular complexity index is 2150. The topological polar surface area (TPSA) is 262 Å². The summed E-state index contributed by atoms with van der Waals surface area (Å²) in [5, 5.41) is 19.2. The Morgan fingerprint density at radius 1 is 0.561 bits per heavy atom. The van der Waals surface area contributed by atoms with Gasteiger partial charge in [0.05, 0.1) is 0 Å². The number of aliphatic hydroxyl groups is 1. The summed E-state index contributed by atoms with van der Waals surface area (Å²) in [7, 11) is 0. The number of hydrazine groups is 1. The van der Waals surface area contributed by atoms with Crippen molar-refractivity contribution < 1.29 is 52.9 Å². The number of hydrogen-bond acceptors (Lipinski definition) is 13. The van der Waals surface area contributed by atoms with Crippen molar-refractivity contribution in [1.29, 1.82) is 0 Å². The number of carbonyl (C=O) groups excluding carboxylic acids is 8. The van der Waals surface area contributed by atoms with Crippen molar-refractivity contribution in [2.45, 2.75) is 226 Å². The first-order valence-corrected chi connectivity index (χ1v) is 29.0. The first-order chi connectivity index (χ1) is 37.4. The first kappa shape index (κ1) is 80.4. The van der Waals surface area contributed by atoms with Crippen molar-refractivity contribution in [2.75, 3.05) is 26.3 Å². The van der Waals surface area contributed by atoms with Gasteiger partial charge in [-0.25, -0.2) is 20.9 Å². The van der Waals surface area contributed by atoms with E-state index in [-0.39, 0.29) is 95.4 Å². The lowest BCUT2D eigenvalue weighted by Crippen LogP contribution is -2.40. The fourth-order valence-corrected chi connectivity index (χ4v) is 8.26. The highest BCUT2D eigenvalue weighted by atomic mass is 16.5. The van der Waals surface area contributed by atoms with Crippen LogP contribution in [0.4, 0.5) is 9.59 Å². The number of hydrazone groups is 1. The molecule has 3 fully saturated rings. The van der Waals surface area contributed by atoms with E-state index >= 15 is 0 Å². The molecule has 0 bridgehead atoms. The van der Waals surface area contributed by atoms with Gasteiger partial charge in [0.25, 0.3) is 0 Å². The van der Waals surface area contributed by atoms with E-state index in [0.717, 1.165) is 88.2 Å². The largest absolute Gasteiger partial charge is 0.486 e. The Hall–Kier alpha value is -5.81. The number of hydrogen-bond donors (Lipinski definition) is 6. The average Bonchev–Trinajstić information content (AvgIpc) is 4.28. The molecular formula is C65H112N6O11. The summed E-state index contributed by atoms with van der Waals surface area (Å²) in [4.78, 5) is 92.7. The number of urea groups is 2. The van der Waals surface area contributed by atoms with E-state index in [0.29, 0.717) is 93.0 Å². The van der Waals surface area contributed by atoms with Crippen molar-refractivity contribution in [1.82, 2.24) is 21.5 Å². The molecule has 5 rings (SSSR count). The van der Waals surface area contributed by atoms with Gasteiger partial charge < -0.3 is 25.2 Å².